The van der Waals surface area contributed by atoms with Crippen molar-refractivity contribution in [2.24, 2.45) is 5.73 Å². The third-order valence-corrected chi connectivity index (χ3v) is 4.79. The minimum Gasteiger partial charge on any atom is -0.493 e. The lowest BCUT2D eigenvalue weighted by Gasteiger charge is -2.29. The molecule has 7 nitrogen and oxygen atoms in total. The molecule has 1 unspecified atom stereocenters. The molecule has 3 rings (SSSR count). The molecular weight excluding hydrogens is 358 g/mol. The van der Waals surface area contributed by atoms with E-state index in [1.165, 1.54) is 7.11 Å². The van der Waals surface area contributed by atoms with Gasteiger partial charge in [-0.1, -0.05) is 25.1 Å². The molecule has 7 heteroatoms. The van der Waals surface area contributed by atoms with Gasteiger partial charge in [0.1, 0.15) is 12.4 Å². The number of ether oxygens (including phenoxy) is 2. The van der Waals surface area contributed by atoms with Crippen molar-refractivity contribution >= 4 is 11.8 Å². The van der Waals surface area contributed by atoms with Crippen LogP contribution in [-0.2, 0) is 10.2 Å². The lowest BCUT2D eigenvalue weighted by Crippen LogP contribution is -2.23. The predicted octanol–water partition coefficient (Wildman–Crippen LogP) is 2.30. The number of hydrogen-bond acceptors (Lipinski definition) is 7. The first-order valence-electron chi connectivity index (χ1n) is 8.77. The smallest absolute Gasteiger partial charge is 0.337 e. The minimum absolute atomic E-state index is 0.219. The Labute approximate surface area is 163 Å². The van der Waals surface area contributed by atoms with E-state index in [-0.39, 0.29) is 11.2 Å². The summed E-state index contributed by atoms with van der Waals surface area (Å²) in [4.78, 5) is 15.8. The number of carbonyl (C=O) groups is 1. The maximum atomic E-state index is 11.5. The van der Waals surface area contributed by atoms with Gasteiger partial charge in [-0.25, -0.2) is 9.78 Å². The Bertz CT molecular complexity index is 968. The van der Waals surface area contributed by atoms with E-state index in [1.807, 2.05) is 30.4 Å². The van der Waals surface area contributed by atoms with Gasteiger partial charge in [0, 0.05) is 28.4 Å². The van der Waals surface area contributed by atoms with Gasteiger partial charge >= 0.3 is 5.97 Å². The molecule has 1 aromatic heterocycles. The van der Waals surface area contributed by atoms with Gasteiger partial charge in [-0.2, -0.15) is 0 Å². The maximum Gasteiger partial charge on any atom is 0.337 e. The van der Waals surface area contributed by atoms with Crippen molar-refractivity contribution < 1.29 is 19.4 Å². The minimum atomic E-state index is -0.768. The number of benzene rings is 1. The summed E-state index contributed by atoms with van der Waals surface area (Å²) in [7, 11) is 1.48. The van der Waals surface area contributed by atoms with Gasteiger partial charge in [0.2, 0.25) is 0 Å². The highest BCUT2D eigenvalue weighted by Crippen LogP contribution is 2.39. The molecule has 146 valence electrons. The molecule has 0 bridgehead atoms. The molecule has 0 saturated heterocycles. The fourth-order valence-corrected chi connectivity index (χ4v) is 3.13. The van der Waals surface area contributed by atoms with Gasteiger partial charge in [-0.3, -0.25) is 0 Å². The zero-order chi connectivity index (χ0) is 20.3. The first-order valence-corrected chi connectivity index (χ1v) is 8.77. The van der Waals surface area contributed by atoms with Crippen molar-refractivity contribution in [1.82, 2.24) is 4.98 Å². The van der Waals surface area contributed by atoms with Crippen LogP contribution < -0.4 is 20.9 Å². The quantitative estimate of drug-likeness (QED) is 0.537. The summed E-state index contributed by atoms with van der Waals surface area (Å²) in [6.07, 6.45) is 8.24. The molecule has 1 aliphatic carbocycles. The average Bonchev–Trinajstić information content (AvgIpc) is 2.70. The van der Waals surface area contributed by atoms with E-state index in [0.29, 0.717) is 18.0 Å². The Hall–Kier alpha value is -3.32. The first-order chi connectivity index (χ1) is 13.4. The van der Waals surface area contributed by atoms with Crippen LogP contribution in [-0.4, -0.2) is 29.8 Å². The van der Waals surface area contributed by atoms with Crippen LogP contribution in [0, 0.1) is 0 Å². The van der Waals surface area contributed by atoms with E-state index in [1.54, 1.807) is 18.3 Å². The van der Waals surface area contributed by atoms with E-state index < -0.39 is 12.6 Å². The number of rotatable bonds is 5. The third-order valence-electron chi connectivity index (χ3n) is 4.79. The van der Waals surface area contributed by atoms with E-state index in [4.69, 9.17) is 26.0 Å². The SMILES string of the molecule is COc1ccc(-c2cnc(N)c(C3(C)C=CC(N)=CC3)c2)cc1OC(=O)CO. The number of anilines is 1. The number of nitrogens with zero attached hydrogens (tertiary/aromatic N) is 1. The van der Waals surface area contributed by atoms with E-state index in [2.05, 4.69) is 11.9 Å². The van der Waals surface area contributed by atoms with E-state index >= 15 is 0 Å². The van der Waals surface area contributed by atoms with E-state index in [0.717, 1.165) is 22.4 Å². The lowest BCUT2D eigenvalue weighted by atomic mass is 9.76. The molecule has 0 fully saturated rings. The molecule has 5 N–H and O–H groups in total. The Morgan fingerprint density at radius 1 is 1.25 bits per heavy atom. The number of esters is 1. The second-order valence-corrected chi connectivity index (χ2v) is 6.81. The lowest BCUT2D eigenvalue weighted by molar-refractivity contribution is -0.137. The van der Waals surface area contributed by atoms with Crippen LogP contribution in [0.5, 0.6) is 11.5 Å². The summed E-state index contributed by atoms with van der Waals surface area (Å²) in [5, 5.41) is 8.95. The van der Waals surface area contributed by atoms with Crippen LogP contribution in [0.25, 0.3) is 11.1 Å². The van der Waals surface area contributed by atoms with Crippen molar-refractivity contribution in [3.63, 3.8) is 0 Å². The zero-order valence-electron chi connectivity index (χ0n) is 15.8. The highest BCUT2D eigenvalue weighted by Gasteiger charge is 2.28. The largest absolute Gasteiger partial charge is 0.493 e. The summed E-state index contributed by atoms with van der Waals surface area (Å²) < 4.78 is 10.4. The van der Waals surface area contributed by atoms with Crippen LogP contribution in [0.15, 0.2) is 54.4 Å². The molecule has 0 amide bonds. The van der Waals surface area contributed by atoms with Gasteiger partial charge in [0.05, 0.1) is 7.11 Å². The molecule has 1 heterocycles. The first kappa shape index (κ1) is 19.4. The van der Waals surface area contributed by atoms with Gasteiger partial charge in [-0.05, 0) is 36.3 Å². The number of allylic oxidation sites excluding steroid dienone is 3. The van der Waals surface area contributed by atoms with Crippen molar-refractivity contribution in [3.8, 4) is 22.6 Å². The number of aliphatic hydroxyl groups is 1. The Morgan fingerprint density at radius 3 is 2.68 bits per heavy atom. The highest BCUT2D eigenvalue weighted by atomic mass is 16.6. The fourth-order valence-electron chi connectivity index (χ4n) is 3.13. The Kier molecular flexibility index (Phi) is 5.37. The number of pyridine rings is 1. The number of aromatic nitrogens is 1. The number of nitrogen functional groups attached to an aromatic ring is 1. The predicted molar refractivity (Wildman–Crippen MR) is 107 cm³/mol. The number of hydrogen-bond donors (Lipinski definition) is 3. The molecule has 0 radical (unpaired) electrons. The molecule has 1 aromatic carbocycles. The van der Waals surface area contributed by atoms with Gasteiger partial charge in [0.25, 0.3) is 0 Å². The number of aliphatic hydroxyl groups excluding tert-OH is 1. The number of nitrogens with two attached hydrogens (primary N) is 2. The molecule has 2 aromatic rings. The van der Waals surface area contributed by atoms with Crippen LogP contribution in [0.4, 0.5) is 5.82 Å². The summed E-state index contributed by atoms with van der Waals surface area (Å²) in [5.41, 5.74) is 14.9. The fraction of sp³-hybridized carbons (Fsp3) is 0.238. The standard InChI is InChI=1S/C21H23N3O4/c1-21(7-5-15(22)6-8-21)16-9-14(11-24-20(16)23)13-3-4-17(27-2)18(10-13)28-19(26)12-25/h3-7,9-11,25H,8,12,22H2,1-2H3,(H2,23,24). The molecule has 1 aliphatic rings. The molecule has 28 heavy (non-hydrogen) atoms. The average molecular weight is 381 g/mol. The van der Waals surface area contributed by atoms with Crippen LogP contribution in [0.3, 0.4) is 0 Å². The highest BCUT2D eigenvalue weighted by molar-refractivity contribution is 5.76. The topological polar surface area (TPSA) is 121 Å². The van der Waals surface area contributed by atoms with Crippen molar-refractivity contribution in [2.75, 3.05) is 19.5 Å². The Balaban J connectivity index is 2.02. The summed E-state index contributed by atoms with van der Waals surface area (Å²) in [5.74, 6) is 0.287. The zero-order valence-corrected chi connectivity index (χ0v) is 15.8. The maximum absolute atomic E-state index is 11.5. The summed E-state index contributed by atoms with van der Waals surface area (Å²) in [6, 6.07) is 7.17. The summed E-state index contributed by atoms with van der Waals surface area (Å²) in [6.45, 7) is 1.36. The van der Waals surface area contributed by atoms with Crippen LogP contribution in [0.1, 0.15) is 18.9 Å². The van der Waals surface area contributed by atoms with Gasteiger partial charge in [0.15, 0.2) is 11.5 Å². The van der Waals surface area contributed by atoms with Crippen LogP contribution >= 0.6 is 0 Å². The van der Waals surface area contributed by atoms with Crippen molar-refractivity contribution in [1.29, 1.82) is 0 Å². The number of carbonyl (C=O) groups excluding carboxylic acids is 1. The third kappa shape index (κ3) is 3.84. The van der Waals surface area contributed by atoms with Gasteiger partial charge < -0.3 is 26.0 Å². The second kappa shape index (κ2) is 7.74. The van der Waals surface area contributed by atoms with Crippen molar-refractivity contribution in [3.05, 3.63) is 60.0 Å². The van der Waals surface area contributed by atoms with Crippen molar-refractivity contribution in [2.45, 2.75) is 18.8 Å². The molecule has 0 spiro atoms. The number of methoxy groups -OCH3 is 1. The molecule has 0 saturated carbocycles. The van der Waals surface area contributed by atoms with Crippen LogP contribution in [0.2, 0.25) is 0 Å². The Morgan fingerprint density at radius 2 is 2.04 bits per heavy atom. The molecule has 0 aliphatic heterocycles. The monoisotopic (exact) mass is 381 g/mol. The second-order valence-electron chi connectivity index (χ2n) is 6.81. The van der Waals surface area contributed by atoms with E-state index in [9.17, 15) is 4.79 Å². The van der Waals surface area contributed by atoms with Gasteiger partial charge in [-0.15, -0.1) is 0 Å². The molecular formula is C21H23N3O4. The normalized spacial score (nSPS) is 18.5. The molecule has 1 atom stereocenters. The summed E-state index contributed by atoms with van der Waals surface area (Å²) >= 11 is 0.